The van der Waals surface area contributed by atoms with Crippen LogP contribution >= 0.6 is 0 Å². The van der Waals surface area contributed by atoms with Crippen LogP contribution in [0.4, 0.5) is 0 Å². The molecule has 0 bridgehead atoms. The second-order valence-corrected chi connectivity index (χ2v) is 9.28. The Morgan fingerprint density at radius 1 is 1.18 bits per heavy atom. The molecule has 0 N–H and O–H groups in total. The van der Waals surface area contributed by atoms with Gasteiger partial charge < -0.3 is 9.47 Å². The van der Waals surface area contributed by atoms with Gasteiger partial charge >= 0.3 is 0 Å². The molecule has 0 aliphatic carbocycles. The normalized spacial score (nSPS) is 18.7. The molecule has 1 unspecified atom stereocenters. The minimum atomic E-state index is 0.174. The zero-order valence-electron chi connectivity index (χ0n) is 19.4. The zero-order chi connectivity index (χ0) is 22.9. The van der Waals surface area contributed by atoms with Gasteiger partial charge in [-0.05, 0) is 51.5 Å². The maximum atomic E-state index is 13.2. The number of nitriles is 1. The van der Waals surface area contributed by atoms with Crippen LogP contribution in [0.3, 0.4) is 0 Å². The fourth-order valence-electron chi connectivity index (χ4n) is 5.37. The molecule has 1 amide bonds. The number of aromatic nitrogens is 6. The van der Waals surface area contributed by atoms with Crippen molar-refractivity contribution in [1.82, 2.24) is 34.3 Å². The summed E-state index contributed by atoms with van der Waals surface area (Å²) in [4.78, 5) is 19.8. The molecule has 1 saturated heterocycles. The molecule has 5 rings (SSSR count). The monoisotopic (exact) mass is 446 g/mol. The largest absolute Gasteiger partial charge is 0.342 e. The molecule has 2 aliphatic heterocycles. The maximum absolute atomic E-state index is 13.2. The van der Waals surface area contributed by atoms with Crippen LogP contribution in [-0.2, 0) is 24.2 Å². The molecule has 1 fully saturated rings. The van der Waals surface area contributed by atoms with Gasteiger partial charge in [0.2, 0.25) is 5.91 Å². The number of piperidine rings is 1. The number of fused-ring (bicyclic) bond motifs is 2. The van der Waals surface area contributed by atoms with Gasteiger partial charge in [-0.15, -0.1) is 10.2 Å². The quantitative estimate of drug-likeness (QED) is 0.610. The van der Waals surface area contributed by atoms with Gasteiger partial charge in [0, 0.05) is 49.8 Å². The van der Waals surface area contributed by atoms with Crippen molar-refractivity contribution in [3.05, 3.63) is 40.4 Å². The summed E-state index contributed by atoms with van der Waals surface area (Å²) in [7, 11) is 0. The molecule has 172 valence electrons. The molecule has 2 aliphatic rings. The van der Waals surface area contributed by atoms with E-state index in [1.807, 2.05) is 18.7 Å². The lowest BCUT2D eigenvalue weighted by Gasteiger charge is -2.32. The van der Waals surface area contributed by atoms with Crippen molar-refractivity contribution >= 4 is 11.6 Å². The van der Waals surface area contributed by atoms with E-state index in [0.717, 1.165) is 67.5 Å². The van der Waals surface area contributed by atoms with Gasteiger partial charge in [-0.1, -0.05) is 6.42 Å². The van der Waals surface area contributed by atoms with Crippen molar-refractivity contribution in [3.63, 3.8) is 0 Å². The predicted molar refractivity (Wildman–Crippen MR) is 122 cm³/mol. The molecule has 0 aromatic carbocycles. The Morgan fingerprint density at radius 2 is 2.06 bits per heavy atom. The summed E-state index contributed by atoms with van der Waals surface area (Å²) in [5.41, 5.74) is 3.87. The summed E-state index contributed by atoms with van der Waals surface area (Å²) >= 11 is 0. The third-order valence-corrected chi connectivity index (χ3v) is 7.20. The van der Waals surface area contributed by atoms with Gasteiger partial charge in [0.05, 0.1) is 6.20 Å². The first-order valence-corrected chi connectivity index (χ1v) is 12.0. The van der Waals surface area contributed by atoms with Gasteiger partial charge in [-0.3, -0.25) is 4.79 Å². The first-order valence-electron chi connectivity index (χ1n) is 12.0. The van der Waals surface area contributed by atoms with E-state index < -0.39 is 0 Å². The van der Waals surface area contributed by atoms with Gasteiger partial charge in [0.25, 0.3) is 0 Å². The first kappa shape index (κ1) is 21.6. The van der Waals surface area contributed by atoms with Crippen LogP contribution in [0.5, 0.6) is 0 Å². The van der Waals surface area contributed by atoms with Crippen molar-refractivity contribution in [2.45, 2.75) is 77.7 Å². The van der Waals surface area contributed by atoms with E-state index >= 15 is 0 Å². The highest BCUT2D eigenvalue weighted by Crippen LogP contribution is 2.28. The van der Waals surface area contributed by atoms with Crippen LogP contribution in [0.15, 0.2) is 6.20 Å². The lowest BCUT2D eigenvalue weighted by Crippen LogP contribution is -2.40. The molecule has 0 saturated carbocycles. The van der Waals surface area contributed by atoms with Crippen LogP contribution in [-0.4, -0.2) is 53.3 Å². The number of rotatable bonds is 4. The van der Waals surface area contributed by atoms with E-state index in [9.17, 15) is 10.1 Å². The summed E-state index contributed by atoms with van der Waals surface area (Å²) in [6.45, 7) is 6.43. The van der Waals surface area contributed by atoms with E-state index in [-0.39, 0.29) is 11.8 Å². The number of nitrogens with zero attached hydrogens (tertiary/aromatic N) is 8. The molecule has 0 radical (unpaired) electrons. The number of amides is 1. The van der Waals surface area contributed by atoms with Crippen molar-refractivity contribution in [3.8, 4) is 6.07 Å². The molecule has 5 heterocycles. The lowest BCUT2D eigenvalue weighted by atomic mass is 9.96. The highest BCUT2D eigenvalue weighted by Gasteiger charge is 2.29. The summed E-state index contributed by atoms with van der Waals surface area (Å²) in [5, 5.41) is 22.6. The number of aryl methyl sites for hydroxylation is 3. The van der Waals surface area contributed by atoms with E-state index in [1.54, 1.807) is 10.7 Å². The van der Waals surface area contributed by atoms with Crippen molar-refractivity contribution in [1.29, 1.82) is 5.26 Å². The number of carbonyl (C=O) groups excluding carboxylic acids is 1. The average Bonchev–Trinajstić information content (AvgIpc) is 3.35. The van der Waals surface area contributed by atoms with Crippen LogP contribution in [0.25, 0.3) is 5.65 Å². The number of hydrogen-bond donors (Lipinski definition) is 0. The first-order chi connectivity index (χ1) is 16.1. The second kappa shape index (κ2) is 8.93. The summed E-state index contributed by atoms with van der Waals surface area (Å²) in [6.07, 6.45) is 9.26. The van der Waals surface area contributed by atoms with E-state index in [1.165, 1.54) is 19.3 Å². The molecule has 0 spiro atoms. The van der Waals surface area contributed by atoms with Crippen molar-refractivity contribution < 1.29 is 4.79 Å². The maximum Gasteiger partial charge on any atom is 0.222 e. The van der Waals surface area contributed by atoms with Crippen molar-refractivity contribution in [2.75, 3.05) is 13.1 Å². The number of hydrogen-bond acceptors (Lipinski definition) is 6. The number of carbonyl (C=O) groups is 1. The van der Waals surface area contributed by atoms with E-state index in [2.05, 4.69) is 30.9 Å². The fraction of sp³-hybridized carbons (Fsp3) is 0.583. The van der Waals surface area contributed by atoms with Gasteiger partial charge in [0.15, 0.2) is 5.65 Å². The van der Waals surface area contributed by atoms with Crippen molar-refractivity contribution in [2.24, 2.45) is 0 Å². The predicted octanol–water partition coefficient (Wildman–Crippen LogP) is 2.87. The molecule has 9 nitrogen and oxygen atoms in total. The Bertz CT molecular complexity index is 1230. The third-order valence-electron chi connectivity index (χ3n) is 7.20. The minimum Gasteiger partial charge on any atom is -0.342 e. The van der Waals surface area contributed by atoms with Crippen LogP contribution < -0.4 is 0 Å². The Labute approximate surface area is 193 Å². The van der Waals surface area contributed by atoms with Crippen LogP contribution in [0, 0.1) is 25.2 Å². The summed E-state index contributed by atoms with van der Waals surface area (Å²) < 4.78 is 4.03. The smallest absolute Gasteiger partial charge is 0.222 e. The van der Waals surface area contributed by atoms with E-state index in [0.29, 0.717) is 24.1 Å². The second-order valence-electron chi connectivity index (χ2n) is 9.28. The molecule has 9 heteroatoms. The fourth-order valence-corrected chi connectivity index (χ4v) is 5.37. The molecule has 1 atom stereocenters. The topological polar surface area (TPSA) is 105 Å². The third kappa shape index (κ3) is 3.99. The van der Waals surface area contributed by atoms with Gasteiger partial charge in [0.1, 0.15) is 23.3 Å². The van der Waals surface area contributed by atoms with Crippen LogP contribution in [0.2, 0.25) is 0 Å². The van der Waals surface area contributed by atoms with Gasteiger partial charge in [-0.25, -0.2) is 9.50 Å². The minimum absolute atomic E-state index is 0.174. The van der Waals surface area contributed by atoms with E-state index in [4.69, 9.17) is 0 Å². The molecular weight excluding hydrogens is 416 g/mol. The Morgan fingerprint density at radius 3 is 2.91 bits per heavy atom. The highest BCUT2D eigenvalue weighted by molar-refractivity contribution is 5.76. The Hall–Kier alpha value is -3.28. The molecular formula is C24H30N8O. The highest BCUT2D eigenvalue weighted by atomic mass is 16.2. The molecule has 3 aromatic heterocycles. The molecule has 33 heavy (non-hydrogen) atoms. The van der Waals surface area contributed by atoms with Gasteiger partial charge in [-0.2, -0.15) is 10.4 Å². The lowest BCUT2D eigenvalue weighted by molar-refractivity contribution is -0.132. The van der Waals surface area contributed by atoms with Crippen LogP contribution in [0.1, 0.15) is 78.6 Å². The SMILES string of the molecule is Cc1nc2c(C#N)cnn2c(C)c1CCC(=O)N1CCCC(c2nnc3n2CCCCC3)C1. The standard InChI is InChI=1S/C24H30N8O/c1-16-20(17(2)32-23(27-16)19(13-25)14-26-32)9-10-22(33)30-11-6-7-18(15-30)24-29-28-21-8-4-3-5-12-31(21)24/h14,18H,3-12,15H2,1-2H3. The summed E-state index contributed by atoms with van der Waals surface area (Å²) in [6, 6.07) is 2.14. The average molecular weight is 447 g/mol. The zero-order valence-corrected chi connectivity index (χ0v) is 19.4. The Kier molecular flexibility index (Phi) is 5.83. The summed E-state index contributed by atoms with van der Waals surface area (Å²) in [5.74, 6) is 2.61. The number of likely N-dealkylation sites (tertiary alicyclic amines) is 1. The molecule has 3 aromatic rings. The Balaban J connectivity index is 1.28.